The Bertz CT molecular complexity index is 1170. The van der Waals surface area contributed by atoms with E-state index >= 15 is 0 Å². The Morgan fingerprint density at radius 2 is 2.06 bits per heavy atom. The molecule has 1 saturated carbocycles. The van der Waals surface area contributed by atoms with Crippen LogP contribution in [0.1, 0.15) is 72.5 Å². The number of carbonyl (C=O) groups is 1. The summed E-state index contributed by atoms with van der Waals surface area (Å²) in [6.07, 6.45) is 5.79. The first-order valence-electron chi connectivity index (χ1n) is 11.6. The Morgan fingerprint density at radius 1 is 1.26 bits per heavy atom. The van der Waals surface area contributed by atoms with Crippen LogP contribution in [0.15, 0.2) is 24.7 Å². The number of hydrogen-bond acceptors (Lipinski definition) is 7. The van der Waals surface area contributed by atoms with Crippen LogP contribution in [0, 0.1) is 5.92 Å². The van der Waals surface area contributed by atoms with Gasteiger partial charge in [0, 0.05) is 26.1 Å². The minimum Gasteiger partial charge on any atom is -0.393 e. The number of nitrogens with zero attached hydrogens (tertiary/aromatic N) is 6. The van der Waals surface area contributed by atoms with Crippen molar-refractivity contribution in [2.75, 3.05) is 6.54 Å². The molecular formula is C22H28F2N8O2. The van der Waals surface area contributed by atoms with Gasteiger partial charge in [-0.3, -0.25) is 9.48 Å². The van der Waals surface area contributed by atoms with E-state index in [4.69, 9.17) is 0 Å². The van der Waals surface area contributed by atoms with Crippen LogP contribution >= 0.6 is 0 Å². The highest BCUT2D eigenvalue weighted by molar-refractivity contribution is 5.92. The van der Waals surface area contributed by atoms with E-state index in [9.17, 15) is 18.7 Å². The number of amides is 1. The van der Waals surface area contributed by atoms with Gasteiger partial charge in [-0.15, -0.1) is 0 Å². The minimum atomic E-state index is -2.68. The monoisotopic (exact) mass is 474 g/mol. The number of imidazole rings is 1. The van der Waals surface area contributed by atoms with E-state index in [1.54, 1.807) is 25.5 Å². The van der Waals surface area contributed by atoms with Crippen molar-refractivity contribution in [3.63, 3.8) is 0 Å². The van der Waals surface area contributed by atoms with Crippen LogP contribution < -0.4 is 10.6 Å². The molecule has 0 bridgehead atoms. The maximum atomic E-state index is 13.8. The Morgan fingerprint density at radius 3 is 2.76 bits per heavy atom. The van der Waals surface area contributed by atoms with E-state index in [0.717, 1.165) is 0 Å². The van der Waals surface area contributed by atoms with Gasteiger partial charge < -0.3 is 15.7 Å². The second-order valence-electron chi connectivity index (χ2n) is 9.26. The van der Waals surface area contributed by atoms with Gasteiger partial charge in [-0.05, 0) is 44.2 Å². The molecule has 1 aliphatic carbocycles. The lowest BCUT2D eigenvalue weighted by molar-refractivity contribution is -0.0495. The maximum absolute atomic E-state index is 13.8. The second kappa shape index (κ2) is 8.99. The Kier molecular flexibility index (Phi) is 6.02. The molecule has 3 aromatic rings. The van der Waals surface area contributed by atoms with E-state index in [0.29, 0.717) is 42.2 Å². The molecule has 34 heavy (non-hydrogen) atoms. The van der Waals surface area contributed by atoms with E-state index in [1.807, 2.05) is 0 Å². The largest absolute Gasteiger partial charge is 0.393 e. The summed E-state index contributed by atoms with van der Waals surface area (Å²) in [5, 5.41) is 24.8. The molecule has 0 spiro atoms. The average Bonchev–Trinajstić information content (AvgIpc) is 3.43. The van der Waals surface area contributed by atoms with Gasteiger partial charge in [0.05, 0.1) is 42.0 Å². The molecule has 2 unspecified atom stereocenters. The third-order valence-electron chi connectivity index (χ3n) is 6.86. The van der Waals surface area contributed by atoms with Gasteiger partial charge in [0.1, 0.15) is 5.69 Å². The summed E-state index contributed by atoms with van der Waals surface area (Å²) in [7, 11) is 1.67. The smallest absolute Gasteiger partial charge is 0.270 e. The van der Waals surface area contributed by atoms with Crippen LogP contribution in [0.2, 0.25) is 0 Å². The maximum Gasteiger partial charge on any atom is 0.270 e. The number of fused-ring (bicyclic) bond motifs is 1. The van der Waals surface area contributed by atoms with Crippen LogP contribution in [0.4, 0.5) is 8.78 Å². The first-order valence-corrected chi connectivity index (χ1v) is 11.6. The normalized spacial score (nSPS) is 24.2. The molecular weight excluding hydrogens is 446 g/mol. The molecule has 3 atom stereocenters. The SMILES string of the molecule is Cn1nccc1C(=O)N[C@H](c1cn2ncc(C3CC(O)CCN3)nc2n1)C1CCC(F)(F)CC1. The lowest BCUT2D eigenvalue weighted by Gasteiger charge is -2.33. The number of rotatable bonds is 5. The third kappa shape index (κ3) is 4.64. The van der Waals surface area contributed by atoms with Crippen molar-refractivity contribution in [3.05, 3.63) is 41.7 Å². The van der Waals surface area contributed by atoms with Gasteiger partial charge in [-0.1, -0.05) is 0 Å². The number of piperidine rings is 1. The van der Waals surface area contributed by atoms with Crippen molar-refractivity contribution in [2.24, 2.45) is 13.0 Å². The molecule has 1 saturated heterocycles. The van der Waals surface area contributed by atoms with Crippen molar-refractivity contribution in [1.82, 2.24) is 40.0 Å². The molecule has 2 fully saturated rings. The van der Waals surface area contributed by atoms with Gasteiger partial charge >= 0.3 is 0 Å². The quantitative estimate of drug-likeness (QED) is 0.517. The topological polar surface area (TPSA) is 122 Å². The number of aryl methyl sites for hydroxylation is 1. The molecule has 12 heteroatoms. The van der Waals surface area contributed by atoms with Gasteiger partial charge in [0.25, 0.3) is 11.7 Å². The van der Waals surface area contributed by atoms with Crippen molar-refractivity contribution < 1.29 is 18.7 Å². The first-order chi connectivity index (χ1) is 16.3. The van der Waals surface area contributed by atoms with Crippen LogP contribution in [-0.4, -0.2) is 58.9 Å². The predicted octanol–water partition coefficient (Wildman–Crippen LogP) is 1.94. The van der Waals surface area contributed by atoms with Gasteiger partial charge in [0.15, 0.2) is 0 Å². The summed E-state index contributed by atoms with van der Waals surface area (Å²) in [5.41, 5.74) is 1.58. The zero-order valence-electron chi connectivity index (χ0n) is 18.9. The van der Waals surface area contributed by atoms with Gasteiger partial charge in [-0.25, -0.2) is 23.3 Å². The molecule has 3 N–H and O–H groups in total. The average molecular weight is 475 g/mol. The number of carbonyl (C=O) groups excluding carboxylic acids is 1. The lowest BCUT2D eigenvalue weighted by Crippen LogP contribution is -2.38. The second-order valence-corrected chi connectivity index (χ2v) is 9.26. The fourth-order valence-electron chi connectivity index (χ4n) is 4.89. The fraction of sp³-hybridized carbons (Fsp3) is 0.591. The summed E-state index contributed by atoms with van der Waals surface area (Å²) in [6, 6.07) is 0.911. The summed E-state index contributed by atoms with van der Waals surface area (Å²) >= 11 is 0. The number of nitrogens with one attached hydrogen (secondary N) is 2. The Labute approximate surface area is 194 Å². The number of aliphatic hydroxyl groups excluding tert-OH is 1. The molecule has 0 aromatic carbocycles. The van der Waals surface area contributed by atoms with E-state index < -0.39 is 18.1 Å². The number of hydrogen-bond donors (Lipinski definition) is 3. The van der Waals surface area contributed by atoms with Crippen molar-refractivity contribution >= 4 is 11.7 Å². The van der Waals surface area contributed by atoms with Crippen LogP contribution in [0.25, 0.3) is 5.78 Å². The first kappa shape index (κ1) is 22.8. The van der Waals surface area contributed by atoms with E-state index in [2.05, 4.69) is 30.8 Å². The van der Waals surface area contributed by atoms with Crippen LogP contribution in [0.5, 0.6) is 0 Å². The van der Waals surface area contributed by atoms with Crippen LogP contribution in [-0.2, 0) is 7.05 Å². The zero-order chi connectivity index (χ0) is 23.9. The van der Waals surface area contributed by atoms with Gasteiger partial charge in [0.2, 0.25) is 5.92 Å². The third-order valence-corrected chi connectivity index (χ3v) is 6.86. The van der Waals surface area contributed by atoms with Crippen molar-refractivity contribution in [3.8, 4) is 0 Å². The molecule has 0 radical (unpaired) electrons. The summed E-state index contributed by atoms with van der Waals surface area (Å²) in [4.78, 5) is 22.2. The highest BCUT2D eigenvalue weighted by atomic mass is 19.3. The van der Waals surface area contributed by atoms with Crippen molar-refractivity contribution in [2.45, 2.75) is 62.6 Å². The lowest BCUT2D eigenvalue weighted by atomic mass is 9.81. The highest BCUT2D eigenvalue weighted by Gasteiger charge is 2.39. The predicted molar refractivity (Wildman–Crippen MR) is 117 cm³/mol. The van der Waals surface area contributed by atoms with E-state index in [-0.39, 0.29) is 43.6 Å². The molecule has 1 aliphatic heterocycles. The molecule has 182 valence electrons. The number of alkyl halides is 2. The van der Waals surface area contributed by atoms with Crippen LogP contribution in [0.3, 0.4) is 0 Å². The Balaban J connectivity index is 1.44. The zero-order valence-corrected chi connectivity index (χ0v) is 18.9. The summed E-state index contributed by atoms with van der Waals surface area (Å²) in [6.45, 7) is 0.687. The van der Waals surface area contributed by atoms with Crippen molar-refractivity contribution in [1.29, 1.82) is 0 Å². The standard InChI is InChI=1S/C22H28F2N8O2/c1-31-18(5-9-26-31)20(34)30-19(13-2-6-22(23,24)7-3-13)17-12-32-21(29-17)28-16(11-27-32)15-10-14(33)4-8-25-15/h5,9,11-15,19,25,33H,2-4,6-8,10H2,1H3,(H,30,34)/t14?,15?,19-/m0/s1. The number of aromatic nitrogens is 6. The summed E-state index contributed by atoms with van der Waals surface area (Å²) < 4.78 is 30.7. The number of aliphatic hydroxyl groups is 1. The minimum absolute atomic E-state index is 0.123. The van der Waals surface area contributed by atoms with E-state index in [1.165, 1.54) is 15.4 Å². The number of halogens is 2. The molecule has 1 amide bonds. The fourth-order valence-corrected chi connectivity index (χ4v) is 4.89. The molecule has 10 nitrogen and oxygen atoms in total. The molecule has 3 aromatic heterocycles. The summed E-state index contributed by atoms with van der Waals surface area (Å²) in [5.74, 6) is -2.87. The molecule has 2 aliphatic rings. The Hall–Kier alpha value is -2.99. The molecule has 4 heterocycles. The highest BCUT2D eigenvalue weighted by Crippen LogP contribution is 2.41. The molecule has 5 rings (SSSR count). The van der Waals surface area contributed by atoms with Gasteiger partial charge in [-0.2, -0.15) is 10.2 Å².